The highest BCUT2D eigenvalue weighted by Crippen LogP contribution is 2.59. The molecule has 9 aromatic rings. The highest BCUT2D eigenvalue weighted by atomic mass is 14.3. The zero-order valence-electron chi connectivity index (χ0n) is 32.5. The van der Waals surface area contributed by atoms with E-state index in [2.05, 4.69) is 210 Å². The largest absolute Gasteiger partial charge is 0.0622 e. The minimum Gasteiger partial charge on any atom is -0.0622 e. The third-order valence-corrected chi connectivity index (χ3v) is 12.0. The van der Waals surface area contributed by atoms with Crippen LogP contribution in [0.1, 0.15) is 50.7 Å². The Labute approximate surface area is 330 Å². The molecule has 0 N–H and O–H groups in total. The minimum atomic E-state index is 0.471. The van der Waals surface area contributed by atoms with Gasteiger partial charge in [-0.1, -0.05) is 210 Å². The van der Waals surface area contributed by atoms with E-state index < -0.39 is 0 Å². The summed E-state index contributed by atoms with van der Waals surface area (Å²) in [5.41, 5.74) is 20.6. The molecule has 56 heavy (non-hydrogen) atoms. The number of rotatable bonds is 7. The molecule has 0 spiro atoms. The Balaban J connectivity index is 1.32. The zero-order chi connectivity index (χ0) is 37.9. The molecule has 0 bridgehead atoms. The third kappa shape index (κ3) is 5.43. The van der Waals surface area contributed by atoms with Crippen LogP contribution in [0.2, 0.25) is 0 Å². The highest BCUT2D eigenvalue weighted by molar-refractivity contribution is 6.29. The van der Waals surface area contributed by atoms with Gasteiger partial charge in [-0.25, -0.2) is 0 Å². The van der Waals surface area contributed by atoms with Gasteiger partial charge in [0.2, 0.25) is 0 Å². The Kier molecular flexibility index (Phi) is 8.30. The van der Waals surface area contributed by atoms with E-state index in [9.17, 15) is 0 Å². The van der Waals surface area contributed by atoms with Crippen LogP contribution < -0.4 is 0 Å². The first-order valence-electron chi connectivity index (χ1n) is 20.1. The molecule has 268 valence electrons. The highest BCUT2D eigenvalue weighted by Gasteiger charge is 2.32. The summed E-state index contributed by atoms with van der Waals surface area (Å²) in [6.45, 7) is 9.09. The number of hydrogen-bond acceptors (Lipinski definition) is 0. The number of fused-ring (bicyclic) bond motifs is 4. The summed E-state index contributed by atoms with van der Waals surface area (Å²) in [6.07, 6.45) is 0. The average molecular weight is 717 g/mol. The van der Waals surface area contributed by atoms with Gasteiger partial charge in [-0.15, -0.1) is 0 Å². The molecule has 1 aliphatic rings. The van der Waals surface area contributed by atoms with Crippen LogP contribution in [-0.2, 0) is 0 Å². The molecule has 0 amide bonds. The van der Waals surface area contributed by atoms with Gasteiger partial charge in [-0.3, -0.25) is 0 Å². The monoisotopic (exact) mass is 716 g/mol. The molecule has 0 fully saturated rings. The molecule has 0 aliphatic heterocycles. The quantitative estimate of drug-likeness (QED) is 0.154. The predicted octanol–water partition coefficient (Wildman–Crippen LogP) is 16.2. The molecule has 0 radical (unpaired) electrons. The molecule has 0 aromatic heterocycles. The van der Waals surface area contributed by atoms with E-state index >= 15 is 0 Å². The molecule has 0 unspecified atom stereocenters. The second-order valence-electron chi connectivity index (χ2n) is 15.9. The molecule has 0 nitrogen and oxygen atoms in total. The topological polar surface area (TPSA) is 0 Å². The van der Waals surface area contributed by atoms with Crippen molar-refractivity contribution in [3.63, 3.8) is 0 Å². The molecular formula is C56H44. The number of hydrogen-bond donors (Lipinski definition) is 0. The van der Waals surface area contributed by atoms with E-state index in [0.29, 0.717) is 11.8 Å². The Hall–Kier alpha value is -6.50. The first-order valence-corrected chi connectivity index (χ1v) is 20.1. The van der Waals surface area contributed by atoms with Crippen LogP contribution in [0.3, 0.4) is 0 Å². The summed E-state index contributed by atoms with van der Waals surface area (Å²) < 4.78 is 0. The fraction of sp³-hybridized carbons (Fsp3) is 0.107. The summed E-state index contributed by atoms with van der Waals surface area (Å²) >= 11 is 0. The van der Waals surface area contributed by atoms with Gasteiger partial charge in [0.05, 0.1) is 0 Å². The fourth-order valence-corrected chi connectivity index (χ4v) is 9.25. The van der Waals surface area contributed by atoms with Gasteiger partial charge in [0.15, 0.2) is 0 Å². The lowest BCUT2D eigenvalue weighted by Crippen LogP contribution is -1.95. The van der Waals surface area contributed by atoms with E-state index in [1.807, 2.05) is 0 Å². The van der Waals surface area contributed by atoms with Gasteiger partial charge in [0.1, 0.15) is 0 Å². The van der Waals surface area contributed by atoms with Crippen LogP contribution in [0.5, 0.6) is 0 Å². The van der Waals surface area contributed by atoms with Crippen molar-refractivity contribution in [1.82, 2.24) is 0 Å². The van der Waals surface area contributed by atoms with Crippen LogP contribution in [-0.4, -0.2) is 0 Å². The lowest BCUT2D eigenvalue weighted by atomic mass is 9.82. The molecule has 0 atom stereocenters. The molecule has 10 rings (SSSR count). The van der Waals surface area contributed by atoms with E-state index in [-0.39, 0.29) is 0 Å². The molecule has 0 heterocycles. The van der Waals surface area contributed by atoms with E-state index in [4.69, 9.17) is 0 Å². The van der Waals surface area contributed by atoms with Crippen molar-refractivity contribution >= 4 is 21.5 Å². The molecule has 0 saturated carbocycles. The van der Waals surface area contributed by atoms with Gasteiger partial charge in [-0.2, -0.15) is 0 Å². The second kappa shape index (κ2) is 13.7. The smallest absolute Gasteiger partial charge is 0.000741 e. The fourth-order valence-electron chi connectivity index (χ4n) is 9.25. The average Bonchev–Trinajstić information content (AvgIpc) is 3.58. The summed E-state index contributed by atoms with van der Waals surface area (Å²) in [4.78, 5) is 0. The van der Waals surface area contributed by atoms with Crippen LogP contribution in [0.25, 0.3) is 99.4 Å². The van der Waals surface area contributed by atoms with Gasteiger partial charge in [-0.05, 0) is 122 Å². The minimum absolute atomic E-state index is 0.471. The predicted molar refractivity (Wildman–Crippen MR) is 241 cm³/mol. The Morgan fingerprint density at radius 3 is 1.12 bits per heavy atom. The van der Waals surface area contributed by atoms with E-state index in [1.165, 1.54) is 111 Å². The summed E-state index contributed by atoms with van der Waals surface area (Å²) in [5, 5.41) is 5.19. The first kappa shape index (κ1) is 34.0. The molecule has 9 aromatic carbocycles. The molecule has 1 aliphatic carbocycles. The van der Waals surface area contributed by atoms with Crippen molar-refractivity contribution in [2.75, 3.05) is 0 Å². The van der Waals surface area contributed by atoms with Gasteiger partial charge >= 0.3 is 0 Å². The maximum absolute atomic E-state index is 2.43. The second-order valence-corrected chi connectivity index (χ2v) is 15.9. The first-order chi connectivity index (χ1) is 27.5. The van der Waals surface area contributed by atoms with Crippen molar-refractivity contribution in [3.05, 3.63) is 193 Å². The van der Waals surface area contributed by atoms with Crippen molar-refractivity contribution < 1.29 is 0 Å². The Bertz CT molecular complexity index is 2750. The van der Waals surface area contributed by atoms with Crippen LogP contribution in [0, 0.1) is 0 Å². The maximum atomic E-state index is 2.43. The summed E-state index contributed by atoms with van der Waals surface area (Å²) in [5.74, 6) is 0.942. The maximum Gasteiger partial charge on any atom is -0.000741 e. The SMILES string of the molecule is CC(C)c1ccc(-c2c3c(c(-c4ccc(C(C)C)cc4)c4ccccc24)-c2ccc(-c4c(-c5ccccc5)cccc4-c4ccccc4)c4cccc-3c24)cc1. The Morgan fingerprint density at radius 2 is 0.643 bits per heavy atom. The molecular weight excluding hydrogens is 673 g/mol. The van der Waals surface area contributed by atoms with Crippen LogP contribution in [0.4, 0.5) is 0 Å². The van der Waals surface area contributed by atoms with Crippen LogP contribution >= 0.6 is 0 Å². The molecule has 0 heteroatoms. The molecule has 0 saturated heterocycles. The lowest BCUT2D eigenvalue weighted by molar-refractivity contribution is 0.867. The number of benzene rings is 9. The summed E-state index contributed by atoms with van der Waals surface area (Å²) in [7, 11) is 0. The Morgan fingerprint density at radius 1 is 0.250 bits per heavy atom. The van der Waals surface area contributed by atoms with Crippen molar-refractivity contribution in [3.8, 4) is 77.9 Å². The zero-order valence-corrected chi connectivity index (χ0v) is 32.5. The van der Waals surface area contributed by atoms with E-state index in [0.717, 1.165) is 0 Å². The van der Waals surface area contributed by atoms with Crippen molar-refractivity contribution in [2.45, 2.75) is 39.5 Å². The van der Waals surface area contributed by atoms with Crippen LogP contribution in [0.15, 0.2) is 182 Å². The van der Waals surface area contributed by atoms with Gasteiger partial charge < -0.3 is 0 Å². The third-order valence-electron chi connectivity index (χ3n) is 12.0. The van der Waals surface area contributed by atoms with Crippen molar-refractivity contribution in [2.24, 2.45) is 0 Å². The standard InChI is InChI=1S/C56H44/c1-35(2)37-25-29-41(30-26-37)51-45-19-11-12-20-46(45)52(42-31-27-38(28-32-42)36(3)4)56-50-34-33-48(47-23-14-24-49(54(47)50)55(51)56)53-43(39-15-7-5-8-16-39)21-13-22-44(53)40-17-9-6-10-18-40/h5-36H,1-4H3. The van der Waals surface area contributed by atoms with Gasteiger partial charge in [0, 0.05) is 0 Å². The van der Waals surface area contributed by atoms with E-state index in [1.54, 1.807) is 0 Å². The van der Waals surface area contributed by atoms with Gasteiger partial charge in [0.25, 0.3) is 0 Å². The lowest BCUT2D eigenvalue weighted by Gasteiger charge is -2.21. The summed E-state index contributed by atoms with van der Waals surface area (Å²) in [6, 6.07) is 68.2. The normalized spacial score (nSPS) is 11.9. The van der Waals surface area contributed by atoms with Crippen molar-refractivity contribution in [1.29, 1.82) is 0 Å².